The fourth-order valence-corrected chi connectivity index (χ4v) is 1.92. The minimum atomic E-state index is -0.591. The third-order valence-electron chi connectivity index (χ3n) is 3.23. The molecule has 1 amide bonds. The predicted molar refractivity (Wildman–Crippen MR) is 82.0 cm³/mol. The van der Waals surface area contributed by atoms with E-state index in [0.29, 0.717) is 23.4 Å². The van der Waals surface area contributed by atoms with Crippen molar-refractivity contribution >= 4 is 17.7 Å². The van der Waals surface area contributed by atoms with Gasteiger partial charge in [-0.1, -0.05) is 24.3 Å². The lowest BCUT2D eigenvalue weighted by molar-refractivity contribution is -0.119. The molecule has 2 aromatic rings. The topological polar surface area (TPSA) is 85.6 Å². The van der Waals surface area contributed by atoms with Crippen LogP contribution in [0.4, 0.5) is 0 Å². The highest BCUT2D eigenvalue weighted by Crippen LogP contribution is 2.11. The number of carbonyl (C=O) groups is 3. The van der Waals surface area contributed by atoms with Crippen LogP contribution in [0.5, 0.6) is 0 Å². The van der Waals surface area contributed by atoms with Crippen LogP contribution in [0.1, 0.15) is 39.0 Å². The van der Waals surface area contributed by atoms with Crippen LogP contribution < -0.4 is 5.32 Å². The number of hydrogen-bond acceptors (Lipinski definition) is 5. The summed E-state index contributed by atoms with van der Waals surface area (Å²) in [4.78, 5) is 34.6. The van der Waals surface area contributed by atoms with Crippen LogP contribution in [0, 0.1) is 6.92 Å². The molecular weight excluding hydrogens is 298 g/mol. The smallest absolute Gasteiger partial charge is 0.342 e. The van der Waals surface area contributed by atoms with Gasteiger partial charge in [0.1, 0.15) is 11.3 Å². The maximum absolute atomic E-state index is 12.0. The quantitative estimate of drug-likeness (QED) is 0.653. The number of amides is 1. The Balaban J connectivity index is 1.89. The zero-order chi connectivity index (χ0) is 16.8. The van der Waals surface area contributed by atoms with Gasteiger partial charge in [0, 0.05) is 19.0 Å². The maximum Gasteiger partial charge on any atom is 0.342 e. The van der Waals surface area contributed by atoms with Gasteiger partial charge >= 0.3 is 5.97 Å². The van der Waals surface area contributed by atoms with Crippen LogP contribution in [0.15, 0.2) is 41.0 Å². The monoisotopic (exact) mass is 315 g/mol. The Morgan fingerprint density at radius 3 is 2.39 bits per heavy atom. The molecule has 23 heavy (non-hydrogen) atoms. The third-order valence-corrected chi connectivity index (χ3v) is 3.23. The summed E-state index contributed by atoms with van der Waals surface area (Å²) in [6.07, 6.45) is 1.39. The van der Waals surface area contributed by atoms with E-state index in [1.165, 1.54) is 19.3 Å². The number of aryl methyl sites for hydroxylation is 1. The van der Waals surface area contributed by atoms with Gasteiger partial charge in [0.2, 0.25) is 5.91 Å². The van der Waals surface area contributed by atoms with Crippen LogP contribution >= 0.6 is 0 Å². The lowest BCUT2D eigenvalue weighted by Gasteiger charge is -2.06. The molecule has 1 aromatic heterocycles. The largest absolute Gasteiger partial charge is 0.469 e. The van der Waals surface area contributed by atoms with Crippen molar-refractivity contribution in [3.05, 3.63) is 59.0 Å². The molecular formula is C17H17NO5. The first-order valence-corrected chi connectivity index (χ1v) is 7.05. The molecule has 1 aromatic carbocycles. The average molecular weight is 315 g/mol. The number of nitrogens with one attached hydrogen (secondary N) is 1. The van der Waals surface area contributed by atoms with E-state index in [2.05, 4.69) is 5.32 Å². The van der Waals surface area contributed by atoms with Gasteiger partial charge in [-0.3, -0.25) is 9.59 Å². The Morgan fingerprint density at radius 1 is 1.13 bits per heavy atom. The predicted octanol–water partition coefficient (Wildman–Crippen LogP) is 2.26. The van der Waals surface area contributed by atoms with Crippen molar-refractivity contribution in [3.8, 4) is 0 Å². The number of hydrogen-bond donors (Lipinski definition) is 1. The van der Waals surface area contributed by atoms with Gasteiger partial charge in [0.05, 0.1) is 6.26 Å². The molecule has 0 saturated heterocycles. The van der Waals surface area contributed by atoms with Crippen molar-refractivity contribution in [1.82, 2.24) is 5.32 Å². The minimum absolute atomic E-state index is 0.119. The van der Waals surface area contributed by atoms with Crippen LogP contribution in [0.3, 0.4) is 0 Å². The molecule has 1 heterocycles. The number of ketones is 1. The second-order valence-corrected chi connectivity index (χ2v) is 5.00. The Hall–Kier alpha value is -2.89. The summed E-state index contributed by atoms with van der Waals surface area (Å²) in [6.45, 7) is 3.15. The summed E-state index contributed by atoms with van der Waals surface area (Å²) < 4.78 is 10.0. The molecule has 0 unspecified atom stereocenters. The Kier molecular flexibility index (Phi) is 5.30. The number of carbonyl (C=O) groups excluding carboxylic acids is 3. The normalized spacial score (nSPS) is 10.2. The van der Waals surface area contributed by atoms with Crippen molar-refractivity contribution in [2.75, 3.05) is 6.61 Å². The summed E-state index contributed by atoms with van der Waals surface area (Å²) >= 11 is 0. The van der Waals surface area contributed by atoms with Gasteiger partial charge in [-0.15, -0.1) is 0 Å². The van der Waals surface area contributed by atoms with Crippen molar-refractivity contribution in [3.63, 3.8) is 0 Å². The van der Waals surface area contributed by atoms with Gasteiger partial charge in [0.15, 0.2) is 12.4 Å². The molecule has 0 aliphatic rings. The molecule has 0 spiro atoms. The van der Waals surface area contributed by atoms with Gasteiger partial charge in [-0.25, -0.2) is 4.79 Å². The summed E-state index contributed by atoms with van der Waals surface area (Å²) in [6, 6.07) is 8.25. The van der Waals surface area contributed by atoms with Crippen LogP contribution in [0.2, 0.25) is 0 Å². The van der Waals surface area contributed by atoms with E-state index in [4.69, 9.17) is 9.15 Å². The van der Waals surface area contributed by atoms with E-state index in [9.17, 15) is 14.4 Å². The fraction of sp³-hybridized carbons (Fsp3) is 0.235. The Bertz CT molecular complexity index is 715. The van der Waals surface area contributed by atoms with Gasteiger partial charge in [-0.2, -0.15) is 0 Å². The van der Waals surface area contributed by atoms with Crippen LogP contribution in [0.25, 0.3) is 0 Å². The molecule has 0 saturated carbocycles. The first-order chi connectivity index (χ1) is 11.0. The van der Waals surface area contributed by atoms with E-state index in [0.717, 1.165) is 5.56 Å². The van der Waals surface area contributed by atoms with Gasteiger partial charge in [0.25, 0.3) is 0 Å². The van der Waals surface area contributed by atoms with Crippen molar-refractivity contribution < 1.29 is 23.5 Å². The summed E-state index contributed by atoms with van der Waals surface area (Å²) in [5.74, 6) is -0.561. The Labute approximate surface area is 133 Å². The summed E-state index contributed by atoms with van der Waals surface area (Å²) in [7, 11) is 0. The van der Waals surface area contributed by atoms with E-state index >= 15 is 0 Å². The second-order valence-electron chi connectivity index (χ2n) is 5.00. The lowest BCUT2D eigenvalue weighted by Crippen LogP contribution is -2.19. The first kappa shape index (κ1) is 16.5. The summed E-state index contributed by atoms with van der Waals surface area (Å²) in [5.41, 5.74) is 1.62. The number of rotatable bonds is 6. The van der Waals surface area contributed by atoms with Gasteiger partial charge < -0.3 is 14.5 Å². The molecule has 120 valence electrons. The van der Waals surface area contributed by atoms with Crippen molar-refractivity contribution in [2.24, 2.45) is 0 Å². The molecule has 0 atom stereocenters. The minimum Gasteiger partial charge on any atom is -0.469 e. The van der Waals surface area contributed by atoms with E-state index in [-0.39, 0.29) is 18.3 Å². The zero-order valence-electron chi connectivity index (χ0n) is 12.9. The SMILES string of the molecule is CC(=O)NCc1ccc(C(=O)COC(=O)c2ccoc2C)cc1. The highest BCUT2D eigenvalue weighted by Gasteiger charge is 2.15. The zero-order valence-corrected chi connectivity index (χ0v) is 12.9. The van der Waals surface area contributed by atoms with E-state index in [1.54, 1.807) is 31.2 Å². The number of esters is 1. The van der Waals surface area contributed by atoms with Crippen LogP contribution in [-0.4, -0.2) is 24.3 Å². The van der Waals surface area contributed by atoms with E-state index in [1.807, 2.05) is 0 Å². The highest BCUT2D eigenvalue weighted by molar-refractivity contribution is 5.99. The molecule has 2 rings (SSSR count). The number of furan rings is 1. The maximum atomic E-state index is 12.0. The molecule has 6 nitrogen and oxygen atoms in total. The van der Waals surface area contributed by atoms with Gasteiger partial charge in [-0.05, 0) is 18.6 Å². The third kappa shape index (κ3) is 4.54. The molecule has 0 fully saturated rings. The summed E-state index contributed by atoms with van der Waals surface area (Å²) in [5, 5.41) is 2.67. The average Bonchev–Trinajstić information content (AvgIpc) is 2.97. The van der Waals surface area contributed by atoms with E-state index < -0.39 is 5.97 Å². The standard InChI is InChI=1S/C17H17NO5/c1-11-15(7-8-22-11)17(21)23-10-16(20)14-5-3-13(4-6-14)9-18-12(2)19/h3-8H,9-10H2,1-2H3,(H,18,19). The highest BCUT2D eigenvalue weighted by atomic mass is 16.5. The molecule has 1 N–H and O–H groups in total. The molecule has 0 aliphatic carbocycles. The first-order valence-electron chi connectivity index (χ1n) is 7.05. The lowest BCUT2D eigenvalue weighted by atomic mass is 10.1. The number of ether oxygens (including phenoxy) is 1. The molecule has 0 bridgehead atoms. The molecule has 0 radical (unpaired) electrons. The molecule has 6 heteroatoms. The van der Waals surface area contributed by atoms with Crippen molar-refractivity contribution in [1.29, 1.82) is 0 Å². The fourth-order valence-electron chi connectivity index (χ4n) is 1.92. The van der Waals surface area contributed by atoms with Crippen LogP contribution in [-0.2, 0) is 16.1 Å². The molecule has 0 aliphatic heterocycles. The Morgan fingerprint density at radius 2 is 1.83 bits per heavy atom. The number of Topliss-reactive ketones (excluding diaryl/α,β-unsaturated/α-hetero) is 1. The second kappa shape index (κ2) is 7.40. The number of benzene rings is 1. The van der Waals surface area contributed by atoms with Crippen molar-refractivity contribution in [2.45, 2.75) is 20.4 Å².